The number of benzene rings is 2. The van der Waals surface area contributed by atoms with Crippen LogP contribution in [0.15, 0.2) is 64.6 Å². The van der Waals surface area contributed by atoms with Crippen LogP contribution in [0, 0.1) is 4.51 Å². The van der Waals surface area contributed by atoms with Gasteiger partial charge in [-0.2, -0.15) is 9.40 Å². The monoisotopic (exact) mass is 714 g/mol. The number of halogens is 7. The van der Waals surface area contributed by atoms with E-state index in [1.165, 1.54) is 34.8 Å². The van der Waals surface area contributed by atoms with Crippen LogP contribution in [0.4, 0.5) is 32.0 Å². The van der Waals surface area contributed by atoms with Crippen LogP contribution in [0.25, 0.3) is 0 Å². The Morgan fingerprint density at radius 2 is 1.52 bits per heavy atom. The van der Waals surface area contributed by atoms with Crippen LogP contribution in [0.5, 0.6) is 11.5 Å². The van der Waals surface area contributed by atoms with E-state index >= 15 is 0 Å². The van der Waals surface area contributed by atoms with Crippen LogP contribution in [-0.4, -0.2) is 79.0 Å². The van der Waals surface area contributed by atoms with E-state index in [9.17, 15) is 39.6 Å². The number of nitrogens with one attached hydrogen (secondary N) is 2. The van der Waals surface area contributed by atoms with Crippen molar-refractivity contribution in [3.8, 4) is 11.5 Å². The minimum Gasteiger partial charge on any atom is -0.406 e. The molecule has 0 radical (unpaired) electrons. The van der Waals surface area contributed by atoms with E-state index in [-0.39, 0.29) is 35.4 Å². The molecule has 11 nitrogen and oxygen atoms in total. The number of carbonyl (C=O) groups is 1. The first-order valence-corrected chi connectivity index (χ1v) is 15.1. The lowest BCUT2D eigenvalue weighted by Gasteiger charge is -2.35. The van der Waals surface area contributed by atoms with Crippen molar-refractivity contribution in [2.45, 2.75) is 31.1 Å². The number of piperazine rings is 1. The van der Waals surface area contributed by atoms with Crippen LogP contribution < -0.4 is 14.8 Å². The number of aromatic nitrogens is 2. The number of ether oxygens (including phenoxy) is 2. The summed E-state index contributed by atoms with van der Waals surface area (Å²) in [6.07, 6.45) is -7.59. The van der Waals surface area contributed by atoms with Gasteiger partial charge in [-0.25, -0.2) is 13.4 Å². The highest BCUT2D eigenvalue weighted by atomic mass is 35.5. The molecule has 0 aliphatic carbocycles. The minimum absolute atomic E-state index is 0.115. The van der Waals surface area contributed by atoms with Gasteiger partial charge in [0.1, 0.15) is 28.2 Å². The van der Waals surface area contributed by atoms with Crippen LogP contribution in [0.3, 0.4) is 0 Å². The zero-order valence-electron chi connectivity index (χ0n) is 23.6. The molecule has 2 heterocycles. The smallest absolute Gasteiger partial charge is 0.406 e. The lowest BCUT2D eigenvalue weighted by molar-refractivity contribution is -0.275. The summed E-state index contributed by atoms with van der Waals surface area (Å²) >= 11 is 11.2. The van der Waals surface area contributed by atoms with Gasteiger partial charge in [0.15, 0.2) is 0 Å². The number of nitrogens with zero attached hydrogens (tertiary/aromatic N) is 4. The number of aliphatic imine (C=N–C) groups is 1. The molecule has 3 aromatic rings. The summed E-state index contributed by atoms with van der Waals surface area (Å²) in [5.74, 6) is -0.160. The first-order valence-electron chi connectivity index (χ1n) is 12.9. The highest BCUT2D eigenvalue weighted by molar-refractivity contribution is 7.89. The van der Waals surface area contributed by atoms with Crippen molar-refractivity contribution in [2.24, 2.45) is 4.99 Å². The fourth-order valence-corrected chi connectivity index (χ4v) is 5.76. The molecule has 0 atom stereocenters. The molecule has 1 amide bonds. The number of alkyl halides is 6. The lowest BCUT2D eigenvalue weighted by Crippen LogP contribution is -2.49. The second kappa shape index (κ2) is 15.6. The molecule has 1 aliphatic rings. The summed E-state index contributed by atoms with van der Waals surface area (Å²) in [6.45, 7) is 3.11. The van der Waals surface area contributed by atoms with Gasteiger partial charge in [0.25, 0.3) is 0 Å². The Morgan fingerprint density at radius 3 is 2.00 bits per heavy atom. The van der Waals surface area contributed by atoms with E-state index in [2.05, 4.69) is 30.0 Å². The normalized spacial score (nSPS) is 14.6. The standard InChI is InChI=1S/C17H17ClF3N5O3S2.C9H8F3NO2/c1-11(23-15-14(30)10-22-24-16(15)18)25-6-8-26(9-7-25)31(27,28)13-4-2-12(3-5-13)29-17(19,20)21;10-9(11,12)15-8-3-1-7(2-4-8)5-13-6-14/h2-5,10H,6-9H2,1H3,(H,24,30);1-4,6H,5H2,(H,13,14). The number of sulfonamides is 1. The Balaban J connectivity index is 0.000000322. The largest absolute Gasteiger partial charge is 0.573 e. The molecule has 0 spiro atoms. The number of aromatic amines is 1. The Bertz CT molecular complexity index is 1660. The topological polar surface area (TPSA) is 129 Å². The molecule has 1 fully saturated rings. The van der Waals surface area contributed by atoms with E-state index in [0.29, 0.717) is 41.1 Å². The highest BCUT2D eigenvalue weighted by Gasteiger charge is 2.33. The van der Waals surface area contributed by atoms with Crippen LogP contribution in [0.2, 0.25) is 5.15 Å². The zero-order chi connectivity index (χ0) is 34.1. The van der Waals surface area contributed by atoms with Gasteiger partial charge < -0.3 is 19.7 Å². The zero-order valence-corrected chi connectivity index (χ0v) is 26.0. The van der Waals surface area contributed by atoms with E-state index < -0.39 is 28.5 Å². The third-order valence-electron chi connectivity index (χ3n) is 6.00. The second-order valence-electron chi connectivity index (χ2n) is 9.16. The van der Waals surface area contributed by atoms with Crippen molar-refractivity contribution in [3.05, 3.63) is 70.0 Å². The maximum atomic E-state index is 12.8. The van der Waals surface area contributed by atoms with Crippen molar-refractivity contribution >= 4 is 51.8 Å². The van der Waals surface area contributed by atoms with E-state index in [1.807, 2.05) is 4.90 Å². The molecular weight excluding hydrogens is 690 g/mol. The minimum atomic E-state index is -4.85. The van der Waals surface area contributed by atoms with Gasteiger partial charge in [0.05, 0.1) is 15.6 Å². The van der Waals surface area contributed by atoms with Crippen LogP contribution in [0.1, 0.15) is 12.5 Å². The van der Waals surface area contributed by atoms with Gasteiger partial charge in [-0.3, -0.25) is 9.89 Å². The summed E-state index contributed by atoms with van der Waals surface area (Å²) in [5, 5.41) is 8.94. The Hall–Kier alpha value is -3.94. The Labute approximate surface area is 268 Å². The molecule has 1 aliphatic heterocycles. The average molecular weight is 715 g/mol. The molecule has 0 unspecified atom stereocenters. The molecule has 46 heavy (non-hydrogen) atoms. The molecule has 4 rings (SSSR count). The highest BCUT2D eigenvalue weighted by Crippen LogP contribution is 2.27. The summed E-state index contributed by atoms with van der Waals surface area (Å²) in [4.78, 5) is 16.1. The number of amides is 1. The van der Waals surface area contributed by atoms with Gasteiger partial charge in [-0.15, -0.1) is 26.3 Å². The third kappa shape index (κ3) is 11.1. The van der Waals surface area contributed by atoms with Crippen molar-refractivity contribution < 1.29 is 49.0 Å². The quantitative estimate of drug-likeness (QED) is 0.102. The number of amidine groups is 1. The van der Waals surface area contributed by atoms with Crippen molar-refractivity contribution in [3.63, 3.8) is 0 Å². The molecule has 0 bridgehead atoms. The summed E-state index contributed by atoms with van der Waals surface area (Å²) in [6, 6.07) is 9.37. The van der Waals surface area contributed by atoms with Gasteiger partial charge >= 0.3 is 12.7 Å². The molecular formula is C26H25ClF6N6O5S2. The average Bonchev–Trinajstić information content (AvgIpc) is 2.98. The number of carbonyl (C=O) groups excluding carboxylic acids is 1. The molecule has 250 valence electrons. The second-order valence-corrected chi connectivity index (χ2v) is 11.9. The number of hydrogen-bond donors (Lipinski definition) is 2. The van der Waals surface area contributed by atoms with Crippen LogP contribution >= 0.6 is 23.8 Å². The fraction of sp³-hybridized carbons (Fsp3) is 0.308. The summed E-state index contributed by atoms with van der Waals surface area (Å²) < 4.78 is 107. The summed E-state index contributed by atoms with van der Waals surface area (Å²) in [5.41, 5.74) is 1.07. The van der Waals surface area contributed by atoms with Crippen molar-refractivity contribution in [1.82, 2.24) is 24.7 Å². The van der Waals surface area contributed by atoms with E-state index in [1.54, 1.807) is 6.92 Å². The van der Waals surface area contributed by atoms with Crippen molar-refractivity contribution in [2.75, 3.05) is 26.2 Å². The number of hydrogen-bond acceptors (Lipinski definition) is 8. The van der Waals surface area contributed by atoms with E-state index in [0.717, 1.165) is 24.3 Å². The molecule has 20 heteroatoms. The van der Waals surface area contributed by atoms with Crippen LogP contribution in [-0.2, 0) is 21.4 Å². The Kier molecular flexibility index (Phi) is 12.4. The SMILES string of the molecule is CC(=Nc1c(Cl)[nH]ncc1=S)N1CCN(S(=O)(=O)c2ccc(OC(F)(F)F)cc2)CC1.O=CNCc1ccc(OC(F)(F)F)cc1. The van der Waals surface area contributed by atoms with Gasteiger partial charge in [0.2, 0.25) is 16.4 Å². The van der Waals surface area contributed by atoms with E-state index in [4.69, 9.17) is 23.8 Å². The molecule has 2 aromatic carbocycles. The number of rotatable bonds is 8. The van der Waals surface area contributed by atoms with Gasteiger partial charge in [-0.1, -0.05) is 36.0 Å². The Morgan fingerprint density at radius 1 is 1.00 bits per heavy atom. The predicted octanol–water partition coefficient (Wildman–Crippen LogP) is 5.58. The first kappa shape index (κ1) is 36.5. The van der Waals surface area contributed by atoms with Gasteiger partial charge in [-0.05, 0) is 48.9 Å². The summed E-state index contributed by atoms with van der Waals surface area (Å²) in [7, 11) is -3.86. The fourth-order valence-electron chi connectivity index (χ4n) is 3.89. The predicted molar refractivity (Wildman–Crippen MR) is 157 cm³/mol. The third-order valence-corrected chi connectivity index (χ3v) is 8.47. The maximum Gasteiger partial charge on any atom is 0.573 e. The number of H-pyrrole nitrogens is 1. The molecule has 2 N–H and O–H groups in total. The maximum absolute atomic E-state index is 12.8. The first-order chi connectivity index (χ1) is 21.5. The van der Waals surface area contributed by atoms with Crippen molar-refractivity contribution in [1.29, 1.82) is 0 Å². The van der Waals surface area contributed by atoms with Gasteiger partial charge in [0, 0.05) is 32.7 Å². The molecule has 1 aromatic heterocycles. The lowest BCUT2D eigenvalue weighted by atomic mass is 10.2. The molecule has 1 saturated heterocycles. The molecule has 0 saturated carbocycles.